The lowest BCUT2D eigenvalue weighted by Gasteiger charge is -2.13. The number of hydrogen-bond donors (Lipinski definition) is 2. The predicted octanol–water partition coefficient (Wildman–Crippen LogP) is 3.96. The van der Waals surface area contributed by atoms with Crippen molar-refractivity contribution in [3.8, 4) is 0 Å². The summed E-state index contributed by atoms with van der Waals surface area (Å²) in [6, 6.07) is 5.61. The van der Waals surface area contributed by atoms with E-state index in [2.05, 4.69) is 15.0 Å². The number of aromatic nitrogens is 2. The number of rotatable bonds is 6. The lowest BCUT2D eigenvalue weighted by Crippen LogP contribution is -2.17. The molecule has 32 heavy (non-hydrogen) atoms. The number of carbonyl (C=O) groups is 1. The van der Waals surface area contributed by atoms with Crippen LogP contribution in [0.2, 0.25) is 0 Å². The number of benzene rings is 2. The second-order valence-corrected chi connectivity index (χ2v) is 8.59. The molecule has 2 N–H and O–H groups in total. The first kappa shape index (κ1) is 21.4. The van der Waals surface area contributed by atoms with Gasteiger partial charge in [0.15, 0.2) is 5.82 Å². The monoisotopic (exact) mass is 465 g/mol. The third-order valence-electron chi connectivity index (χ3n) is 4.81. The van der Waals surface area contributed by atoms with Gasteiger partial charge >= 0.3 is 5.97 Å². The van der Waals surface area contributed by atoms with Crippen LogP contribution in [0.4, 0.5) is 24.7 Å². The molecule has 0 fully saturated rings. The first-order valence-electron chi connectivity index (χ1n) is 9.03. The fraction of sp³-hybridized carbons (Fsp3) is 0.100. The fourth-order valence-electron chi connectivity index (χ4n) is 3.44. The molecule has 2 aromatic heterocycles. The van der Waals surface area contributed by atoms with Gasteiger partial charge in [-0.15, -0.1) is 0 Å². The average molecular weight is 465 g/mol. The second kappa shape index (κ2) is 7.71. The second-order valence-electron chi connectivity index (χ2n) is 6.84. The highest BCUT2D eigenvalue weighted by Crippen LogP contribution is 2.33. The van der Waals surface area contributed by atoms with Gasteiger partial charge in [0.2, 0.25) is 0 Å². The molecule has 0 spiro atoms. The van der Waals surface area contributed by atoms with Gasteiger partial charge in [-0.1, -0.05) is 5.16 Å². The largest absolute Gasteiger partial charge is 0.481 e. The standard InChI is InChI=1S/C20H14F3N3O5S/c1-10-12(7-20(27)28)13-6-11(21)2-3-17(13)26(10)32(29,30)18-9-14(22)16(8-15(18)23)24-19-4-5-31-25-19/h2-6,8-9H,7H2,1H3,(H,24,25)(H,27,28). The summed E-state index contributed by atoms with van der Waals surface area (Å²) in [5.74, 6) is -4.25. The van der Waals surface area contributed by atoms with Crippen molar-refractivity contribution in [3.63, 3.8) is 0 Å². The van der Waals surface area contributed by atoms with E-state index in [1.807, 2.05) is 0 Å². The van der Waals surface area contributed by atoms with Crippen LogP contribution in [0.25, 0.3) is 10.9 Å². The van der Waals surface area contributed by atoms with Crippen molar-refractivity contribution in [2.45, 2.75) is 18.2 Å². The topological polar surface area (TPSA) is 114 Å². The Labute approximate surface area is 178 Å². The van der Waals surface area contributed by atoms with Crippen molar-refractivity contribution in [2.75, 3.05) is 5.32 Å². The molecule has 0 amide bonds. The van der Waals surface area contributed by atoms with Crippen LogP contribution in [-0.2, 0) is 21.2 Å². The highest BCUT2D eigenvalue weighted by molar-refractivity contribution is 7.90. The van der Waals surface area contributed by atoms with E-state index in [-0.39, 0.29) is 33.7 Å². The van der Waals surface area contributed by atoms with Crippen LogP contribution < -0.4 is 5.32 Å². The highest BCUT2D eigenvalue weighted by Gasteiger charge is 2.29. The Morgan fingerprint density at radius 3 is 2.56 bits per heavy atom. The van der Waals surface area contributed by atoms with Gasteiger partial charge in [-0.2, -0.15) is 0 Å². The molecule has 0 aliphatic carbocycles. The zero-order chi connectivity index (χ0) is 23.2. The van der Waals surface area contributed by atoms with Gasteiger partial charge in [-0.25, -0.2) is 25.6 Å². The molecule has 4 rings (SSSR count). The summed E-state index contributed by atoms with van der Waals surface area (Å²) < 4.78 is 75.2. The first-order chi connectivity index (χ1) is 15.1. The van der Waals surface area contributed by atoms with Crippen LogP contribution in [-0.4, -0.2) is 28.6 Å². The molecule has 4 aromatic rings. The summed E-state index contributed by atoms with van der Waals surface area (Å²) in [5, 5.41) is 15.2. The van der Waals surface area contributed by atoms with E-state index in [1.165, 1.54) is 19.3 Å². The van der Waals surface area contributed by atoms with Gasteiger partial charge in [-0.3, -0.25) is 4.79 Å². The van der Waals surface area contributed by atoms with Crippen LogP contribution >= 0.6 is 0 Å². The zero-order valence-corrected chi connectivity index (χ0v) is 17.1. The van der Waals surface area contributed by atoms with E-state index in [1.54, 1.807) is 0 Å². The Hall–Kier alpha value is -3.80. The number of halogens is 3. The minimum Gasteiger partial charge on any atom is -0.481 e. The SMILES string of the molecule is Cc1c(CC(=O)O)c2cc(F)ccc2n1S(=O)(=O)c1cc(F)c(Nc2ccon2)cc1F. The Morgan fingerprint density at radius 2 is 1.91 bits per heavy atom. The van der Waals surface area contributed by atoms with E-state index in [4.69, 9.17) is 0 Å². The summed E-state index contributed by atoms with van der Waals surface area (Å²) in [6.45, 7) is 1.31. The molecule has 0 atom stereocenters. The molecular weight excluding hydrogens is 451 g/mol. The summed E-state index contributed by atoms with van der Waals surface area (Å²) in [6.07, 6.45) is 0.610. The Kier molecular flexibility index (Phi) is 5.17. The van der Waals surface area contributed by atoms with Crippen LogP contribution in [0, 0.1) is 24.4 Å². The van der Waals surface area contributed by atoms with E-state index < -0.39 is 44.8 Å². The lowest BCUT2D eigenvalue weighted by molar-refractivity contribution is -0.136. The number of fused-ring (bicyclic) bond motifs is 1. The third kappa shape index (κ3) is 3.58. The molecule has 0 saturated carbocycles. The molecule has 12 heteroatoms. The normalized spacial score (nSPS) is 11.8. The number of anilines is 2. The number of aliphatic carboxylic acids is 1. The molecule has 8 nitrogen and oxygen atoms in total. The van der Waals surface area contributed by atoms with Crippen molar-refractivity contribution in [1.82, 2.24) is 9.13 Å². The van der Waals surface area contributed by atoms with Gasteiger partial charge < -0.3 is 14.9 Å². The quantitative estimate of drug-likeness (QED) is 0.443. The molecule has 0 saturated heterocycles. The first-order valence-corrected chi connectivity index (χ1v) is 10.5. The van der Waals surface area contributed by atoms with E-state index in [0.29, 0.717) is 16.1 Å². The predicted molar refractivity (Wildman–Crippen MR) is 107 cm³/mol. The summed E-state index contributed by atoms with van der Waals surface area (Å²) in [4.78, 5) is 10.3. The molecule has 2 aromatic carbocycles. The van der Waals surface area contributed by atoms with Gasteiger partial charge in [-0.05, 0) is 36.8 Å². The van der Waals surface area contributed by atoms with Crippen LogP contribution in [0.3, 0.4) is 0 Å². The number of nitrogens with one attached hydrogen (secondary N) is 1. The maximum absolute atomic E-state index is 14.9. The number of carboxylic acid groups (broad SMARTS) is 1. The highest BCUT2D eigenvalue weighted by atomic mass is 32.2. The summed E-state index contributed by atoms with van der Waals surface area (Å²) >= 11 is 0. The number of nitrogens with zero attached hydrogens (tertiary/aromatic N) is 2. The number of carboxylic acids is 1. The molecule has 0 aliphatic rings. The minimum absolute atomic E-state index is 0.0404. The fourth-order valence-corrected chi connectivity index (χ4v) is 5.09. The van der Waals surface area contributed by atoms with Crippen LogP contribution in [0.5, 0.6) is 0 Å². The Balaban J connectivity index is 1.90. The third-order valence-corrected chi connectivity index (χ3v) is 6.63. The van der Waals surface area contributed by atoms with E-state index in [9.17, 15) is 31.5 Å². The van der Waals surface area contributed by atoms with Crippen molar-refractivity contribution in [1.29, 1.82) is 0 Å². The summed E-state index contributed by atoms with van der Waals surface area (Å²) in [5.41, 5.74) is -0.457. The average Bonchev–Trinajstić information content (AvgIpc) is 3.31. The molecule has 2 heterocycles. The van der Waals surface area contributed by atoms with E-state index in [0.717, 1.165) is 18.2 Å². The Bertz CT molecular complexity index is 1460. The smallest absolute Gasteiger partial charge is 0.307 e. The van der Waals surface area contributed by atoms with Gasteiger partial charge in [0.05, 0.1) is 17.6 Å². The van der Waals surface area contributed by atoms with E-state index >= 15 is 0 Å². The minimum atomic E-state index is -4.73. The summed E-state index contributed by atoms with van der Waals surface area (Å²) in [7, 11) is -4.73. The van der Waals surface area contributed by atoms with Crippen LogP contribution in [0.15, 0.2) is 52.1 Å². The molecule has 0 aliphatic heterocycles. The Morgan fingerprint density at radius 1 is 1.16 bits per heavy atom. The molecule has 0 unspecified atom stereocenters. The van der Waals surface area contributed by atoms with Crippen molar-refractivity contribution >= 4 is 38.4 Å². The van der Waals surface area contributed by atoms with Crippen molar-refractivity contribution in [3.05, 3.63) is 71.4 Å². The molecular formula is C20H14F3N3O5S. The number of hydrogen-bond acceptors (Lipinski definition) is 6. The molecule has 166 valence electrons. The van der Waals surface area contributed by atoms with Crippen molar-refractivity contribution < 1.29 is 36.0 Å². The zero-order valence-electron chi connectivity index (χ0n) is 16.3. The van der Waals surface area contributed by atoms with Crippen molar-refractivity contribution in [2.24, 2.45) is 0 Å². The molecule has 0 radical (unpaired) electrons. The van der Waals surface area contributed by atoms with Crippen LogP contribution in [0.1, 0.15) is 11.3 Å². The molecule has 0 bridgehead atoms. The van der Waals surface area contributed by atoms with Gasteiger partial charge in [0, 0.05) is 23.2 Å². The maximum Gasteiger partial charge on any atom is 0.307 e. The maximum atomic E-state index is 14.9. The van der Waals surface area contributed by atoms with Gasteiger partial charge in [0.25, 0.3) is 10.0 Å². The van der Waals surface area contributed by atoms with Gasteiger partial charge in [0.1, 0.15) is 28.6 Å². The lowest BCUT2D eigenvalue weighted by atomic mass is 10.1.